The smallest absolute Gasteiger partial charge is 0.257 e. The van der Waals surface area contributed by atoms with Gasteiger partial charge in [0, 0.05) is 23.2 Å². The van der Waals surface area contributed by atoms with Crippen LogP contribution >= 0.6 is 35.0 Å². The van der Waals surface area contributed by atoms with Crippen LogP contribution in [-0.2, 0) is 0 Å². The third-order valence-corrected chi connectivity index (χ3v) is 3.98. The number of rotatable bonds is 2. The Morgan fingerprint density at radius 1 is 1.56 bits per heavy atom. The second-order valence-corrected chi connectivity index (χ2v) is 5.32. The third kappa shape index (κ3) is 3.13. The van der Waals surface area contributed by atoms with Gasteiger partial charge in [-0.1, -0.05) is 6.07 Å². The Morgan fingerprint density at radius 2 is 2.28 bits per heavy atom. The van der Waals surface area contributed by atoms with Crippen LogP contribution in [0.5, 0.6) is 0 Å². The van der Waals surface area contributed by atoms with Crippen LogP contribution in [0.25, 0.3) is 0 Å². The molecule has 1 fully saturated rings. The summed E-state index contributed by atoms with van der Waals surface area (Å²) in [5, 5.41) is 3.20. The maximum Gasteiger partial charge on any atom is 0.257 e. The molecule has 2 rings (SSSR count). The highest BCUT2D eigenvalue weighted by atomic mass is 127. The number of nitrogens with zero attached hydrogens (tertiary/aromatic N) is 1. The van der Waals surface area contributed by atoms with Crippen LogP contribution in [0.2, 0.25) is 0 Å². The maximum absolute atomic E-state index is 13.7. The minimum absolute atomic E-state index is 0. The van der Waals surface area contributed by atoms with Crippen LogP contribution in [0.4, 0.5) is 4.39 Å². The number of hydrogen-bond acceptors (Lipinski definition) is 2. The van der Waals surface area contributed by atoms with E-state index in [-0.39, 0.29) is 29.9 Å². The largest absolute Gasteiger partial charge is 0.337 e. The number of carbonyl (C=O) groups excluding carboxylic acids is 1. The Balaban J connectivity index is 0.00000162. The molecule has 1 aromatic rings. The van der Waals surface area contributed by atoms with Crippen LogP contribution in [0.1, 0.15) is 16.8 Å². The standard InChI is InChI=1S/C12H14FIN2O.ClH/c1-16(8-5-6-15-7-8)12(17)11-9(13)3-2-4-10(11)14;/h2-4,8,15H,5-7H2,1H3;1H. The molecule has 1 aliphatic rings. The molecule has 0 aliphatic carbocycles. The topological polar surface area (TPSA) is 32.3 Å². The molecule has 6 heteroatoms. The van der Waals surface area contributed by atoms with Gasteiger partial charge < -0.3 is 10.2 Å². The van der Waals surface area contributed by atoms with Crippen molar-refractivity contribution in [1.82, 2.24) is 10.2 Å². The normalized spacial score (nSPS) is 18.3. The average Bonchev–Trinajstić information content (AvgIpc) is 2.81. The summed E-state index contributed by atoms with van der Waals surface area (Å²) in [5.74, 6) is -0.680. The van der Waals surface area contributed by atoms with Gasteiger partial charge in [-0.3, -0.25) is 4.79 Å². The predicted octanol–water partition coefficient (Wildman–Crippen LogP) is 2.29. The molecule has 1 aromatic carbocycles. The number of nitrogens with one attached hydrogen (secondary N) is 1. The molecule has 18 heavy (non-hydrogen) atoms. The van der Waals surface area contributed by atoms with Gasteiger partial charge in [0.25, 0.3) is 5.91 Å². The first-order valence-electron chi connectivity index (χ1n) is 5.53. The van der Waals surface area contributed by atoms with Crippen molar-refractivity contribution in [2.75, 3.05) is 20.1 Å². The van der Waals surface area contributed by atoms with E-state index in [0.717, 1.165) is 19.5 Å². The fourth-order valence-electron chi connectivity index (χ4n) is 2.01. The van der Waals surface area contributed by atoms with Crippen molar-refractivity contribution < 1.29 is 9.18 Å². The summed E-state index contributed by atoms with van der Waals surface area (Å²) in [6.07, 6.45) is 0.924. The van der Waals surface area contributed by atoms with Gasteiger partial charge in [0.2, 0.25) is 0 Å². The summed E-state index contributed by atoms with van der Waals surface area (Å²) in [5.41, 5.74) is 0.183. The summed E-state index contributed by atoms with van der Waals surface area (Å²) < 4.78 is 14.3. The van der Waals surface area contributed by atoms with Crippen molar-refractivity contribution in [3.63, 3.8) is 0 Å². The minimum Gasteiger partial charge on any atom is -0.337 e. The average molecular weight is 385 g/mol. The van der Waals surface area contributed by atoms with E-state index in [1.54, 1.807) is 24.1 Å². The van der Waals surface area contributed by atoms with Crippen LogP contribution in [-0.4, -0.2) is 37.0 Å². The van der Waals surface area contributed by atoms with E-state index in [4.69, 9.17) is 0 Å². The summed E-state index contributed by atoms with van der Waals surface area (Å²) >= 11 is 1.99. The second kappa shape index (κ2) is 6.68. The lowest BCUT2D eigenvalue weighted by Gasteiger charge is -2.24. The third-order valence-electron chi connectivity index (χ3n) is 3.08. The molecule has 0 spiro atoms. The zero-order valence-electron chi connectivity index (χ0n) is 9.95. The number of hydrogen-bond donors (Lipinski definition) is 1. The lowest BCUT2D eigenvalue weighted by atomic mass is 10.1. The second-order valence-electron chi connectivity index (χ2n) is 4.16. The van der Waals surface area contributed by atoms with Crippen molar-refractivity contribution in [2.45, 2.75) is 12.5 Å². The number of carbonyl (C=O) groups is 1. The molecule has 0 bridgehead atoms. The first kappa shape index (κ1) is 15.7. The van der Waals surface area contributed by atoms with Gasteiger partial charge >= 0.3 is 0 Å². The highest BCUT2D eigenvalue weighted by Gasteiger charge is 2.26. The summed E-state index contributed by atoms with van der Waals surface area (Å²) in [7, 11) is 1.74. The van der Waals surface area contributed by atoms with E-state index < -0.39 is 5.82 Å². The molecule has 1 atom stereocenters. The van der Waals surface area contributed by atoms with Crippen molar-refractivity contribution in [3.8, 4) is 0 Å². The highest BCUT2D eigenvalue weighted by molar-refractivity contribution is 14.1. The van der Waals surface area contributed by atoms with Gasteiger partial charge in [0.05, 0.1) is 5.56 Å². The molecule has 0 saturated carbocycles. The SMILES string of the molecule is CN(C(=O)c1c(F)cccc1I)C1CCNC1.Cl. The van der Waals surface area contributed by atoms with Crippen LogP contribution in [0.15, 0.2) is 18.2 Å². The number of benzene rings is 1. The van der Waals surface area contributed by atoms with E-state index in [1.165, 1.54) is 6.07 Å². The van der Waals surface area contributed by atoms with Crippen LogP contribution in [0.3, 0.4) is 0 Å². The molecule has 1 unspecified atom stereocenters. The van der Waals surface area contributed by atoms with Gasteiger partial charge in [0.15, 0.2) is 0 Å². The quantitative estimate of drug-likeness (QED) is 0.794. The molecular weight excluding hydrogens is 370 g/mol. The van der Waals surface area contributed by atoms with Crippen LogP contribution in [0, 0.1) is 9.39 Å². The summed E-state index contributed by atoms with van der Waals surface area (Å²) in [6.45, 7) is 1.70. The van der Waals surface area contributed by atoms with Gasteiger partial charge in [-0.15, -0.1) is 12.4 Å². The van der Waals surface area contributed by atoms with Gasteiger partial charge in [-0.05, 0) is 47.7 Å². The Morgan fingerprint density at radius 3 is 2.83 bits per heavy atom. The molecule has 1 aliphatic heterocycles. The molecule has 0 radical (unpaired) electrons. The van der Waals surface area contributed by atoms with E-state index in [2.05, 4.69) is 5.32 Å². The Bertz CT molecular complexity index is 418. The highest BCUT2D eigenvalue weighted by Crippen LogP contribution is 2.19. The van der Waals surface area contributed by atoms with E-state index in [1.807, 2.05) is 22.6 Å². The predicted molar refractivity (Wildman–Crippen MR) is 79.7 cm³/mol. The van der Waals surface area contributed by atoms with Crippen molar-refractivity contribution in [2.24, 2.45) is 0 Å². The van der Waals surface area contributed by atoms with Crippen molar-refractivity contribution in [1.29, 1.82) is 0 Å². The number of likely N-dealkylation sites (N-methyl/N-ethyl adjacent to an activating group) is 1. The molecule has 1 amide bonds. The van der Waals surface area contributed by atoms with Gasteiger partial charge in [0.1, 0.15) is 5.82 Å². The molecule has 0 aromatic heterocycles. The first-order chi connectivity index (χ1) is 8.11. The lowest BCUT2D eigenvalue weighted by molar-refractivity contribution is 0.0738. The number of halogens is 3. The van der Waals surface area contributed by atoms with Crippen molar-refractivity contribution in [3.05, 3.63) is 33.1 Å². The van der Waals surface area contributed by atoms with E-state index >= 15 is 0 Å². The first-order valence-corrected chi connectivity index (χ1v) is 6.61. The van der Waals surface area contributed by atoms with Crippen LogP contribution < -0.4 is 5.32 Å². The van der Waals surface area contributed by atoms with Crippen molar-refractivity contribution >= 4 is 40.9 Å². The zero-order valence-corrected chi connectivity index (χ0v) is 12.9. The van der Waals surface area contributed by atoms with Gasteiger partial charge in [-0.25, -0.2) is 4.39 Å². The Labute approximate surface area is 126 Å². The lowest BCUT2D eigenvalue weighted by Crippen LogP contribution is -2.39. The zero-order chi connectivity index (χ0) is 12.4. The molecule has 1 N–H and O–H groups in total. The molecule has 3 nitrogen and oxygen atoms in total. The Hall–Kier alpha value is -0.400. The van der Waals surface area contributed by atoms with Gasteiger partial charge in [-0.2, -0.15) is 0 Å². The maximum atomic E-state index is 13.7. The van der Waals surface area contributed by atoms with E-state index in [9.17, 15) is 9.18 Å². The Kier molecular flexibility index (Phi) is 5.81. The monoisotopic (exact) mass is 384 g/mol. The summed E-state index contributed by atoms with van der Waals surface area (Å²) in [4.78, 5) is 13.9. The fraction of sp³-hybridized carbons (Fsp3) is 0.417. The molecule has 100 valence electrons. The minimum atomic E-state index is -0.445. The fourth-order valence-corrected chi connectivity index (χ4v) is 2.71. The van der Waals surface area contributed by atoms with E-state index in [0.29, 0.717) is 3.57 Å². The summed E-state index contributed by atoms with van der Waals surface area (Å²) in [6, 6.07) is 4.86. The molecule has 1 saturated heterocycles. The molecule has 1 heterocycles. The molecular formula is C12H15ClFIN2O. The number of amides is 1.